The number of rotatable bonds is 36. The van der Waals surface area contributed by atoms with Gasteiger partial charge in [0.15, 0.2) is 17.3 Å². The number of hydrogen-bond donors (Lipinski definition) is 5. The van der Waals surface area contributed by atoms with Crippen LogP contribution in [0.5, 0.6) is 34.5 Å². The van der Waals surface area contributed by atoms with Gasteiger partial charge in [-0.2, -0.15) is 0 Å². The zero-order valence-electron chi connectivity index (χ0n) is 83.6. The Morgan fingerprint density at radius 1 is 0.301 bits per heavy atom. The summed E-state index contributed by atoms with van der Waals surface area (Å²) in [4.78, 5) is 37.4. The second-order valence-corrected chi connectivity index (χ2v) is 31.8. The number of benzene rings is 10. The number of hydrogen-bond acceptors (Lipinski definition) is 17. The zero-order chi connectivity index (χ0) is 98.9. The molecule has 13 aromatic rings. The first-order valence-electron chi connectivity index (χ1n) is 47.3. The molecule has 0 bridgehead atoms. The Labute approximate surface area is 812 Å². The van der Waals surface area contributed by atoms with Gasteiger partial charge in [0.2, 0.25) is 11.8 Å². The maximum absolute atomic E-state index is 13.1. The molecule has 0 aliphatic heterocycles. The summed E-state index contributed by atoms with van der Waals surface area (Å²) in [6.45, 7) is 32.3. The third-order valence-electron chi connectivity index (χ3n) is 21.4. The molecule has 2 amide bonds. The van der Waals surface area contributed by atoms with Gasteiger partial charge in [-0.05, 0) is 189 Å². The number of methoxy groups -OCH3 is 6. The minimum absolute atomic E-state index is 0. The van der Waals surface area contributed by atoms with E-state index >= 15 is 0 Å². The van der Waals surface area contributed by atoms with Crippen molar-refractivity contribution in [3.63, 3.8) is 0 Å². The third kappa shape index (κ3) is 42.9. The van der Waals surface area contributed by atoms with Crippen molar-refractivity contribution in [3.8, 4) is 113 Å². The van der Waals surface area contributed by atoms with Crippen molar-refractivity contribution in [1.82, 2.24) is 26.1 Å². The molecule has 732 valence electrons. The molecule has 0 radical (unpaired) electrons. The number of unbranched alkanes of at least 4 members (excludes halogenated alkanes) is 13. The number of amides is 2. The Balaban J connectivity index is 0.000000462. The lowest BCUT2D eigenvalue weighted by molar-refractivity contribution is -0.136. The van der Waals surface area contributed by atoms with Gasteiger partial charge >= 0.3 is 5.97 Å². The minimum Gasteiger partial charge on any atom is -0.497 e. The standard InChI is InChI=1S/C39H36N4O8.C19H17NO5.C14H14.C12H26.C10H14.C8H10.C6H14.C4H10.C2H4.CH6N2.CH4/c1-46-28-13-5-24(6-14-28)36-32(50-42-38(36)26-9-17-30(48-3)18-10-26)21-34(44)40-23-41-35(45)22-33-37(25-7-15-29(47-2)16-8-25)39(43-51-33)27-11-19-31(49-4)20-12-27;1-23-14-7-3-12(4-8-14)18-16(11-17(21)22)25-20-19(18)13-5-9-15(24-2)10-6-13;1-11-3-7-13(8-4-11)14-9-5-12(2)6-10-14;1-3-5-7-9-11-12-10-8-6-4-2;1-3-9-5-7-10(4-2)8-6-9;1-7-3-5-8(2)6-4-7;1-3-5-6-4-2;1-3-4-2;1-2;2-1-3;/h5-20H,21-23H2,1-4H3,(H,40,44)(H,41,45);3-10H,11H2,1-2H3,(H,21,22);3-10H,1-2H3;3-12H2,1-2H3;5-8H,3-4H2,1-2H3;3-6H,1-2H3;3-6H2,1-2H3;3-4H2,1-2H3;1-2H2;1-3H2;1H4. The van der Waals surface area contributed by atoms with Gasteiger partial charge in [-0.15, -0.1) is 13.2 Å². The molecule has 136 heavy (non-hydrogen) atoms. The molecule has 0 saturated carbocycles. The van der Waals surface area contributed by atoms with Crippen LogP contribution in [0.2, 0.25) is 0 Å². The molecule has 0 aliphatic carbocycles. The summed E-state index contributed by atoms with van der Waals surface area (Å²) in [5, 5.41) is 27.4. The molecule has 13 rings (SSSR count). The number of aryl methyl sites for hydroxylation is 6. The van der Waals surface area contributed by atoms with Crippen LogP contribution in [0.3, 0.4) is 0 Å². The van der Waals surface area contributed by atoms with Crippen LogP contribution in [-0.4, -0.2) is 94.4 Å². The van der Waals surface area contributed by atoms with Gasteiger partial charge in [-0.1, -0.05) is 337 Å². The van der Waals surface area contributed by atoms with E-state index < -0.39 is 5.97 Å². The number of carboxylic acids is 1. The Hall–Kier alpha value is -13.3. The van der Waals surface area contributed by atoms with Crippen LogP contribution in [0.25, 0.3) is 78.3 Å². The van der Waals surface area contributed by atoms with Crippen LogP contribution in [0.4, 0.5) is 0 Å². The molecule has 0 aliphatic rings. The maximum Gasteiger partial charge on any atom is 0.311 e. The normalized spacial score (nSPS) is 9.97. The molecule has 3 heterocycles. The van der Waals surface area contributed by atoms with Gasteiger partial charge in [-0.3, -0.25) is 14.4 Å². The predicted octanol–water partition coefficient (Wildman–Crippen LogP) is 28.7. The highest BCUT2D eigenvalue weighted by Crippen LogP contribution is 2.40. The lowest BCUT2D eigenvalue weighted by Gasteiger charge is -2.09. The van der Waals surface area contributed by atoms with Crippen molar-refractivity contribution in [2.75, 3.05) is 56.0 Å². The van der Waals surface area contributed by atoms with Gasteiger partial charge < -0.3 is 69.2 Å². The molecule has 0 unspecified atom stereocenters. The van der Waals surface area contributed by atoms with Crippen molar-refractivity contribution < 1.29 is 61.5 Å². The molecule has 20 heteroatoms. The third-order valence-corrected chi connectivity index (χ3v) is 21.4. The van der Waals surface area contributed by atoms with Gasteiger partial charge in [-0.25, -0.2) is 0 Å². The summed E-state index contributed by atoms with van der Waals surface area (Å²) >= 11 is 0. The van der Waals surface area contributed by atoms with Gasteiger partial charge in [0.25, 0.3) is 0 Å². The van der Waals surface area contributed by atoms with E-state index in [0.29, 0.717) is 79.8 Å². The molecular weight excluding hydrogens is 1700 g/mol. The molecule has 7 N–H and O–H groups in total. The van der Waals surface area contributed by atoms with Crippen LogP contribution in [0, 0.1) is 27.7 Å². The number of nitrogens with one attached hydrogen (secondary N) is 2. The average Bonchev–Trinajstić information content (AvgIpc) is 1.65. The molecule has 10 aromatic carbocycles. The van der Waals surface area contributed by atoms with Gasteiger partial charge in [0.05, 0.1) is 78.9 Å². The largest absolute Gasteiger partial charge is 0.497 e. The number of carboxylic acid groups (broad SMARTS) is 1. The first-order chi connectivity index (χ1) is 65.6. The molecule has 0 fully saturated rings. The Bertz CT molecular complexity index is 5050. The SMILES string of the molecule is C.C=C.CCCC.CCCCCC.CCCCCCCCCCCC.CCc1ccc(CC)cc1.COc1ccc(-c2noc(CC(=O)NCNC(=O)Cc3onc(-c4ccc(OC)cc4)c3-c3ccc(OC)cc3)c2-c2ccc(OC)cc2)cc1.COc1ccc(-c2noc(CC(=O)O)c2-c2ccc(OC)cc2)cc1.Cc1ccc(-c2ccc(C)cc2)cc1.Cc1ccc(C)cc1.NCN. The van der Waals surface area contributed by atoms with E-state index in [-0.39, 0.29) is 51.8 Å². The number of nitrogens with zero attached hydrogens (tertiary/aromatic N) is 3. The second-order valence-electron chi connectivity index (χ2n) is 31.8. The Kier molecular flexibility index (Phi) is 59.7. The Morgan fingerprint density at radius 2 is 0.500 bits per heavy atom. The van der Waals surface area contributed by atoms with Crippen LogP contribution in [0.15, 0.2) is 269 Å². The topological polar surface area (TPSA) is 281 Å². The van der Waals surface area contributed by atoms with E-state index in [4.69, 9.17) is 47.1 Å². The number of carbonyl (C=O) groups is 3. The molecule has 3 aromatic heterocycles. The number of aromatic nitrogens is 3. The average molecular weight is 1860 g/mol. The highest BCUT2D eigenvalue weighted by Gasteiger charge is 2.26. The van der Waals surface area contributed by atoms with Crippen LogP contribution >= 0.6 is 0 Å². The monoisotopic (exact) mass is 1850 g/mol. The highest BCUT2D eigenvalue weighted by atomic mass is 16.5. The first kappa shape index (κ1) is 117. The Morgan fingerprint density at radius 3 is 0.706 bits per heavy atom. The number of carbonyl (C=O) groups excluding carboxylic acids is 2. The fourth-order valence-electron chi connectivity index (χ4n) is 13.3. The number of aliphatic carboxylic acids is 1. The van der Waals surface area contributed by atoms with Crippen molar-refractivity contribution in [3.05, 3.63) is 306 Å². The smallest absolute Gasteiger partial charge is 0.311 e. The summed E-state index contributed by atoms with van der Waals surface area (Å²) in [7, 11) is 9.57. The van der Waals surface area contributed by atoms with Crippen molar-refractivity contribution >= 4 is 17.8 Å². The molecular formula is C116H155N7O13. The zero-order valence-corrected chi connectivity index (χ0v) is 83.6. The summed E-state index contributed by atoms with van der Waals surface area (Å²) in [6.07, 6.45) is 24.4. The summed E-state index contributed by atoms with van der Waals surface area (Å²) in [6, 6.07) is 78.9. The fourth-order valence-corrected chi connectivity index (χ4v) is 13.3. The first-order valence-corrected chi connectivity index (χ1v) is 47.3. The lowest BCUT2D eigenvalue weighted by Crippen LogP contribution is -2.38. The van der Waals surface area contributed by atoms with E-state index in [1.54, 1.807) is 42.7 Å². The van der Waals surface area contributed by atoms with E-state index in [2.05, 4.69) is 231 Å². The quantitative estimate of drug-likeness (QED) is 0.0139. The van der Waals surface area contributed by atoms with Crippen LogP contribution in [-0.2, 0) is 46.5 Å². The molecule has 20 nitrogen and oxygen atoms in total. The summed E-state index contributed by atoms with van der Waals surface area (Å²) < 4.78 is 48.3. The van der Waals surface area contributed by atoms with E-state index in [1.807, 2.05) is 146 Å². The molecule has 0 saturated heterocycles. The van der Waals surface area contributed by atoms with Crippen molar-refractivity contribution in [1.29, 1.82) is 0 Å². The van der Waals surface area contributed by atoms with Gasteiger partial charge in [0.1, 0.15) is 58.0 Å². The van der Waals surface area contributed by atoms with Crippen LogP contribution in [0.1, 0.15) is 216 Å². The minimum atomic E-state index is -0.979. The van der Waals surface area contributed by atoms with Crippen LogP contribution < -0.4 is 50.5 Å². The summed E-state index contributed by atoms with van der Waals surface area (Å²) in [5.74, 6) is 3.54. The van der Waals surface area contributed by atoms with Crippen molar-refractivity contribution in [2.45, 2.75) is 225 Å². The number of ether oxygens (including phenoxy) is 6. The predicted molar refractivity (Wildman–Crippen MR) is 563 cm³/mol. The highest BCUT2D eigenvalue weighted by molar-refractivity contribution is 5.90. The number of nitrogens with two attached hydrogens (primary N) is 2. The van der Waals surface area contributed by atoms with Crippen molar-refractivity contribution in [2.24, 2.45) is 11.5 Å². The lowest BCUT2D eigenvalue weighted by atomic mass is 9.97. The van der Waals surface area contributed by atoms with Gasteiger partial charge in [0, 0.05) is 23.4 Å². The van der Waals surface area contributed by atoms with E-state index in [1.165, 1.54) is 147 Å². The molecule has 0 atom stereocenters. The fraction of sp³-hybridized carbons (Fsp3) is 0.362. The summed E-state index contributed by atoms with van der Waals surface area (Å²) in [5.41, 5.74) is 28.5. The second kappa shape index (κ2) is 69.5. The maximum atomic E-state index is 13.1. The van der Waals surface area contributed by atoms with E-state index in [0.717, 1.165) is 52.0 Å². The molecule has 0 spiro atoms. The van der Waals surface area contributed by atoms with E-state index in [9.17, 15) is 14.4 Å².